The molecule has 0 saturated heterocycles. The van der Waals surface area contributed by atoms with Crippen LogP contribution in [0.2, 0.25) is 0 Å². The summed E-state index contributed by atoms with van der Waals surface area (Å²) in [5.41, 5.74) is 7.79. The van der Waals surface area contributed by atoms with Crippen LogP contribution in [0.25, 0.3) is 10.9 Å². The van der Waals surface area contributed by atoms with Crippen molar-refractivity contribution >= 4 is 34.9 Å². The summed E-state index contributed by atoms with van der Waals surface area (Å²) < 4.78 is 0. The second-order valence-corrected chi connectivity index (χ2v) is 6.25. The summed E-state index contributed by atoms with van der Waals surface area (Å²) in [5.74, 6) is 0.518. The summed E-state index contributed by atoms with van der Waals surface area (Å²) in [6.07, 6.45) is 8.85. The molecule has 3 N–H and O–H groups in total. The van der Waals surface area contributed by atoms with E-state index in [1.807, 2.05) is 30.3 Å². The predicted octanol–water partition coefficient (Wildman–Crippen LogP) is 3.89. The van der Waals surface area contributed by atoms with E-state index >= 15 is 0 Å². The molecule has 1 fully saturated rings. The van der Waals surface area contributed by atoms with E-state index in [0.717, 1.165) is 23.0 Å². The number of amides is 1. The molecule has 23 heavy (non-hydrogen) atoms. The van der Waals surface area contributed by atoms with Crippen molar-refractivity contribution < 1.29 is 4.79 Å². The Bertz CT molecular complexity index is 656. The van der Waals surface area contributed by atoms with Gasteiger partial charge >= 0.3 is 0 Å². The Morgan fingerprint density at radius 3 is 2.83 bits per heavy atom. The van der Waals surface area contributed by atoms with Crippen LogP contribution in [0.15, 0.2) is 36.5 Å². The van der Waals surface area contributed by atoms with E-state index < -0.39 is 6.04 Å². The van der Waals surface area contributed by atoms with Crippen LogP contribution >= 0.6 is 12.4 Å². The third kappa shape index (κ3) is 4.66. The largest absolute Gasteiger partial charge is 0.325 e. The molecule has 0 spiro atoms. The minimum atomic E-state index is -0.423. The number of aromatic nitrogens is 1. The van der Waals surface area contributed by atoms with Crippen LogP contribution in [-0.4, -0.2) is 16.9 Å². The molecule has 1 heterocycles. The van der Waals surface area contributed by atoms with E-state index in [4.69, 9.17) is 5.73 Å². The van der Waals surface area contributed by atoms with Gasteiger partial charge in [0, 0.05) is 17.3 Å². The van der Waals surface area contributed by atoms with Crippen molar-refractivity contribution in [2.24, 2.45) is 11.7 Å². The van der Waals surface area contributed by atoms with Gasteiger partial charge in [-0.05, 0) is 36.6 Å². The number of pyridine rings is 1. The van der Waals surface area contributed by atoms with E-state index in [-0.39, 0.29) is 18.3 Å². The Hall–Kier alpha value is -1.65. The van der Waals surface area contributed by atoms with Crippen LogP contribution in [0.3, 0.4) is 0 Å². The van der Waals surface area contributed by atoms with Crippen LogP contribution < -0.4 is 11.1 Å². The second-order valence-electron chi connectivity index (χ2n) is 6.25. The average molecular weight is 334 g/mol. The van der Waals surface area contributed by atoms with Crippen molar-refractivity contribution in [3.8, 4) is 0 Å². The SMILES string of the molecule is Cl.NC(CC1CCCCC1)C(=O)Nc1ccc2ncccc2c1. The standard InChI is InChI=1S/C18H23N3O.ClH/c19-16(11-13-5-2-1-3-6-13)18(22)21-15-8-9-17-14(12-15)7-4-10-20-17;/h4,7-10,12-13,16H,1-3,5-6,11,19H2,(H,21,22);1H. The quantitative estimate of drug-likeness (QED) is 0.891. The molecular formula is C18H24ClN3O. The van der Waals surface area contributed by atoms with Gasteiger partial charge in [0.2, 0.25) is 5.91 Å². The molecule has 1 aliphatic carbocycles. The molecule has 5 heteroatoms. The molecule has 0 aliphatic heterocycles. The van der Waals surface area contributed by atoms with Crippen LogP contribution in [-0.2, 0) is 4.79 Å². The summed E-state index contributed by atoms with van der Waals surface area (Å²) in [6, 6.07) is 9.18. The molecule has 1 aliphatic rings. The van der Waals surface area contributed by atoms with Gasteiger partial charge in [0.1, 0.15) is 0 Å². The van der Waals surface area contributed by atoms with Crippen molar-refractivity contribution in [1.82, 2.24) is 4.98 Å². The molecule has 1 unspecified atom stereocenters. The number of carbonyl (C=O) groups excluding carboxylic acids is 1. The lowest BCUT2D eigenvalue weighted by Crippen LogP contribution is -2.37. The number of halogens is 1. The average Bonchev–Trinajstić information content (AvgIpc) is 2.55. The first kappa shape index (κ1) is 17.7. The molecule has 0 radical (unpaired) electrons. The number of nitrogens with two attached hydrogens (primary N) is 1. The van der Waals surface area contributed by atoms with E-state index in [1.165, 1.54) is 32.1 Å². The Morgan fingerprint density at radius 2 is 2.04 bits per heavy atom. The van der Waals surface area contributed by atoms with E-state index in [2.05, 4.69) is 10.3 Å². The molecule has 1 aromatic carbocycles. The van der Waals surface area contributed by atoms with Crippen molar-refractivity contribution in [2.45, 2.75) is 44.6 Å². The lowest BCUT2D eigenvalue weighted by molar-refractivity contribution is -0.117. The fourth-order valence-corrected chi connectivity index (χ4v) is 3.28. The maximum atomic E-state index is 12.3. The van der Waals surface area contributed by atoms with Crippen molar-refractivity contribution in [3.63, 3.8) is 0 Å². The van der Waals surface area contributed by atoms with E-state index in [0.29, 0.717) is 5.92 Å². The molecule has 4 nitrogen and oxygen atoms in total. The topological polar surface area (TPSA) is 68.0 Å². The molecule has 124 valence electrons. The maximum Gasteiger partial charge on any atom is 0.241 e. The number of anilines is 1. The highest BCUT2D eigenvalue weighted by Crippen LogP contribution is 2.27. The molecule has 1 saturated carbocycles. The summed E-state index contributed by atoms with van der Waals surface area (Å²) in [7, 11) is 0. The molecule has 2 aromatic rings. The van der Waals surface area contributed by atoms with Crippen molar-refractivity contribution in [2.75, 3.05) is 5.32 Å². The molecule has 1 atom stereocenters. The Kier molecular flexibility index (Phi) is 6.37. The minimum Gasteiger partial charge on any atom is -0.325 e. The predicted molar refractivity (Wildman–Crippen MR) is 96.8 cm³/mol. The second kappa shape index (κ2) is 8.27. The number of carbonyl (C=O) groups is 1. The third-order valence-corrected chi connectivity index (χ3v) is 4.52. The normalized spacial score (nSPS) is 16.6. The summed E-state index contributed by atoms with van der Waals surface area (Å²) >= 11 is 0. The number of nitrogens with zero attached hydrogens (tertiary/aromatic N) is 1. The first-order chi connectivity index (χ1) is 10.7. The first-order valence-corrected chi connectivity index (χ1v) is 8.13. The summed E-state index contributed by atoms with van der Waals surface area (Å²) in [5, 5.41) is 3.95. The molecule has 3 rings (SSSR count). The summed E-state index contributed by atoms with van der Waals surface area (Å²) in [4.78, 5) is 16.5. The highest BCUT2D eigenvalue weighted by atomic mass is 35.5. The monoisotopic (exact) mass is 333 g/mol. The maximum absolute atomic E-state index is 12.3. The molecule has 1 amide bonds. The number of hydrogen-bond donors (Lipinski definition) is 2. The van der Waals surface area contributed by atoms with Crippen LogP contribution in [0.4, 0.5) is 5.69 Å². The summed E-state index contributed by atoms with van der Waals surface area (Å²) in [6.45, 7) is 0. The molecule has 1 aromatic heterocycles. The fourth-order valence-electron chi connectivity index (χ4n) is 3.28. The van der Waals surface area contributed by atoms with Gasteiger partial charge in [-0.2, -0.15) is 0 Å². The Morgan fingerprint density at radius 1 is 1.26 bits per heavy atom. The van der Waals surface area contributed by atoms with Crippen LogP contribution in [0.5, 0.6) is 0 Å². The van der Waals surface area contributed by atoms with Gasteiger partial charge in [0.25, 0.3) is 0 Å². The first-order valence-electron chi connectivity index (χ1n) is 8.13. The van der Waals surface area contributed by atoms with Crippen LogP contribution in [0.1, 0.15) is 38.5 Å². The highest BCUT2D eigenvalue weighted by Gasteiger charge is 2.21. The van der Waals surface area contributed by atoms with Crippen LogP contribution in [0, 0.1) is 5.92 Å². The van der Waals surface area contributed by atoms with E-state index in [1.54, 1.807) is 6.20 Å². The van der Waals surface area contributed by atoms with Gasteiger partial charge in [-0.25, -0.2) is 0 Å². The molecule has 0 bridgehead atoms. The lowest BCUT2D eigenvalue weighted by Gasteiger charge is -2.24. The van der Waals surface area contributed by atoms with Gasteiger partial charge in [0.15, 0.2) is 0 Å². The minimum absolute atomic E-state index is 0. The number of rotatable bonds is 4. The Labute approximate surface area is 143 Å². The molecular weight excluding hydrogens is 310 g/mol. The van der Waals surface area contributed by atoms with Gasteiger partial charge in [0.05, 0.1) is 11.6 Å². The smallest absolute Gasteiger partial charge is 0.241 e. The van der Waals surface area contributed by atoms with Gasteiger partial charge < -0.3 is 11.1 Å². The van der Waals surface area contributed by atoms with Gasteiger partial charge in [-0.15, -0.1) is 12.4 Å². The number of benzene rings is 1. The van der Waals surface area contributed by atoms with Crippen molar-refractivity contribution in [3.05, 3.63) is 36.5 Å². The fraction of sp³-hybridized carbons (Fsp3) is 0.444. The van der Waals surface area contributed by atoms with Crippen molar-refractivity contribution in [1.29, 1.82) is 0 Å². The van der Waals surface area contributed by atoms with E-state index in [9.17, 15) is 4.79 Å². The third-order valence-electron chi connectivity index (χ3n) is 4.52. The van der Waals surface area contributed by atoms with Gasteiger partial charge in [-0.3, -0.25) is 9.78 Å². The zero-order valence-corrected chi connectivity index (χ0v) is 14.0. The zero-order chi connectivity index (χ0) is 15.4. The zero-order valence-electron chi connectivity index (χ0n) is 13.2. The number of fused-ring (bicyclic) bond motifs is 1. The number of hydrogen-bond acceptors (Lipinski definition) is 3. The number of nitrogens with one attached hydrogen (secondary N) is 1. The Balaban J connectivity index is 0.00000192. The highest BCUT2D eigenvalue weighted by molar-refractivity contribution is 5.96. The lowest BCUT2D eigenvalue weighted by atomic mass is 9.85. The van der Waals surface area contributed by atoms with Gasteiger partial charge in [-0.1, -0.05) is 38.2 Å².